The van der Waals surface area contributed by atoms with Crippen molar-refractivity contribution in [3.05, 3.63) is 30.1 Å². The van der Waals surface area contributed by atoms with Gasteiger partial charge in [-0.25, -0.2) is 8.42 Å². The van der Waals surface area contributed by atoms with Crippen LogP contribution in [0.15, 0.2) is 24.5 Å². The molecule has 7 nitrogen and oxygen atoms in total. The van der Waals surface area contributed by atoms with Gasteiger partial charge in [0, 0.05) is 52.2 Å². The van der Waals surface area contributed by atoms with E-state index in [1.165, 1.54) is 10.6 Å². The molecule has 1 aromatic heterocycles. The van der Waals surface area contributed by atoms with Gasteiger partial charge in [0.2, 0.25) is 15.9 Å². The lowest BCUT2D eigenvalue weighted by Crippen LogP contribution is -2.65. The fourth-order valence-electron chi connectivity index (χ4n) is 3.49. The molecule has 3 heterocycles. The number of carbonyl (C=O) groups excluding carboxylic acids is 1. The largest absolute Gasteiger partial charge is 0.343 e. The molecular formula is C15H22N4O3S. The number of sulfonamides is 1. The Hall–Kier alpha value is -1.51. The van der Waals surface area contributed by atoms with Crippen molar-refractivity contribution in [3.8, 4) is 0 Å². The van der Waals surface area contributed by atoms with E-state index in [1.807, 2.05) is 12.1 Å². The number of likely N-dealkylation sites (N-methyl/N-ethyl adjacent to an activating group) is 1. The van der Waals surface area contributed by atoms with Gasteiger partial charge in [-0.15, -0.1) is 0 Å². The van der Waals surface area contributed by atoms with Gasteiger partial charge in [-0.3, -0.25) is 14.7 Å². The predicted molar refractivity (Wildman–Crippen MR) is 86.0 cm³/mol. The Bertz CT molecular complexity index is 694. The monoisotopic (exact) mass is 338 g/mol. The zero-order chi connectivity index (χ0) is 16.7. The molecule has 2 aliphatic rings. The Balaban J connectivity index is 1.90. The Labute approximate surface area is 136 Å². The van der Waals surface area contributed by atoms with Gasteiger partial charge in [-0.05, 0) is 18.1 Å². The van der Waals surface area contributed by atoms with Crippen LogP contribution in [0.4, 0.5) is 0 Å². The molecule has 0 saturated carbocycles. The van der Waals surface area contributed by atoms with E-state index in [9.17, 15) is 13.2 Å². The van der Waals surface area contributed by atoms with Crippen LogP contribution in [-0.2, 0) is 21.4 Å². The predicted octanol–water partition coefficient (Wildman–Crippen LogP) is -0.240. The first kappa shape index (κ1) is 16.4. The van der Waals surface area contributed by atoms with Crippen LogP contribution in [0.25, 0.3) is 0 Å². The normalized spacial score (nSPS) is 27.0. The Morgan fingerprint density at radius 1 is 1.30 bits per heavy atom. The van der Waals surface area contributed by atoms with Gasteiger partial charge in [0.25, 0.3) is 0 Å². The van der Waals surface area contributed by atoms with Crippen molar-refractivity contribution < 1.29 is 13.2 Å². The lowest BCUT2D eigenvalue weighted by atomic mass is 9.91. The molecule has 2 fully saturated rings. The number of carbonyl (C=O) groups is 1. The Kier molecular flexibility index (Phi) is 4.16. The van der Waals surface area contributed by atoms with Gasteiger partial charge >= 0.3 is 0 Å². The molecule has 1 atom stereocenters. The van der Waals surface area contributed by atoms with Crippen LogP contribution < -0.4 is 0 Å². The molecule has 0 aliphatic carbocycles. The van der Waals surface area contributed by atoms with Crippen molar-refractivity contribution in [1.29, 1.82) is 0 Å². The number of piperazine rings is 1. The third-order valence-electron chi connectivity index (χ3n) is 4.83. The molecular weight excluding hydrogens is 316 g/mol. The third-order valence-corrected chi connectivity index (χ3v) is 6.08. The summed E-state index contributed by atoms with van der Waals surface area (Å²) in [4.78, 5) is 20.8. The lowest BCUT2D eigenvalue weighted by Gasteiger charge is -2.46. The molecule has 8 heteroatoms. The Morgan fingerprint density at radius 3 is 2.70 bits per heavy atom. The number of pyridine rings is 1. The number of amides is 1. The molecule has 0 bridgehead atoms. The summed E-state index contributed by atoms with van der Waals surface area (Å²) in [6.45, 7) is 2.61. The number of hydrogen-bond acceptors (Lipinski definition) is 5. The van der Waals surface area contributed by atoms with Gasteiger partial charge in [0.15, 0.2) is 0 Å². The Morgan fingerprint density at radius 2 is 2.09 bits per heavy atom. The SMILES string of the molecule is CN1CCN(Cc2cccnc2)[C@]2(CCN(S(C)(=O)=O)C2)C1=O. The summed E-state index contributed by atoms with van der Waals surface area (Å²) in [5.41, 5.74) is 0.272. The molecule has 0 unspecified atom stereocenters. The molecule has 126 valence electrons. The standard InChI is InChI=1S/C15H22N4O3S/c1-17-8-9-18(11-13-4-3-6-16-10-13)15(14(17)20)5-7-19(12-15)23(2,21)22/h3-4,6,10H,5,7-9,11-12H2,1-2H3/t15-/m0/s1. The van der Waals surface area contributed by atoms with Crippen LogP contribution in [0.1, 0.15) is 12.0 Å². The van der Waals surface area contributed by atoms with Crippen LogP contribution in [0, 0.1) is 0 Å². The van der Waals surface area contributed by atoms with Crippen molar-refractivity contribution in [1.82, 2.24) is 19.1 Å². The van der Waals surface area contributed by atoms with Gasteiger partial charge in [0.1, 0.15) is 5.54 Å². The van der Waals surface area contributed by atoms with Crippen LogP contribution in [0.2, 0.25) is 0 Å². The van der Waals surface area contributed by atoms with Gasteiger partial charge in [-0.1, -0.05) is 6.07 Å². The van der Waals surface area contributed by atoms with Crippen LogP contribution in [-0.4, -0.2) is 78.4 Å². The minimum absolute atomic E-state index is 0.0128. The topological polar surface area (TPSA) is 73.8 Å². The molecule has 0 aromatic carbocycles. The van der Waals surface area contributed by atoms with Gasteiger partial charge in [0.05, 0.1) is 6.26 Å². The summed E-state index contributed by atoms with van der Waals surface area (Å²) in [6, 6.07) is 3.85. The summed E-state index contributed by atoms with van der Waals surface area (Å²) in [5.74, 6) is 0.0128. The van der Waals surface area contributed by atoms with Crippen LogP contribution in [0.5, 0.6) is 0 Å². The van der Waals surface area contributed by atoms with Crippen LogP contribution in [0.3, 0.4) is 0 Å². The second kappa shape index (κ2) is 5.85. The van der Waals surface area contributed by atoms with E-state index in [0.29, 0.717) is 26.1 Å². The third kappa shape index (κ3) is 2.98. The summed E-state index contributed by atoms with van der Waals surface area (Å²) < 4.78 is 25.2. The fourth-order valence-corrected chi connectivity index (χ4v) is 4.37. The molecule has 23 heavy (non-hydrogen) atoms. The minimum Gasteiger partial charge on any atom is -0.343 e. The molecule has 0 radical (unpaired) electrons. The molecule has 0 N–H and O–H groups in total. The lowest BCUT2D eigenvalue weighted by molar-refractivity contribution is -0.149. The van der Waals surface area contributed by atoms with E-state index in [2.05, 4.69) is 9.88 Å². The summed E-state index contributed by atoms with van der Waals surface area (Å²) in [5, 5.41) is 0. The molecule has 2 saturated heterocycles. The first-order valence-corrected chi connectivity index (χ1v) is 9.52. The maximum Gasteiger partial charge on any atom is 0.244 e. The van der Waals surface area contributed by atoms with E-state index in [0.717, 1.165) is 12.1 Å². The second-order valence-corrected chi connectivity index (χ2v) is 8.37. The maximum absolute atomic E-state index is 12.9. The number of aromatic nitrogens is 1. The first-order valence-electron chi connectivity index (χ1n) is 7.67. The number of rotatable bonds is 3. The minimum atomic E-state index is -3.29. The van der Waals surface area contributed by atoms with Gasteiger partial charge in [-0.2, -0.15) is 4.31 Å². The highest BCUT2D eigenvalue weighted by molar-refractivity contribution is 7.88. The number of nitrogens with zero attached hydrogens (tertiary/aromatic N) is 4. The quantitative estimate of drug-likeness (QED) is 0.760. The fraction of sp³-hybridized carbons (Fsp3) is 0.600. The zero-order valence-corrected chi connectivity index (χ0v) is 14.3. The zero-order valence-electron chi connectivity index (χ0n) is 13.5. The summed E-state index contributed by atoms with van der Waals surface area (Å²) in [6.07, 6.45) is 5.24. The van der Waals surface area contributed by atoms with E-state index in [4.69, 9.17) is 0 Å². The highest BCUT2D eigenvalue weighted by Gasteiger charge is 2.53. The summed E-state index contributed by atoms with van der Waals surface area (Å²) >= 11 is 0. The second-order valence-electron chi connectivity index (χ2n) is 6.39. The molecule has 3 rings (SSSR count). The van der Waals surface area contributed by atoms with E-state index in [1.54, 1.807) is 24.3 Å². The number of hydrogen-bond donors (Lipinski definition) is 0. The average molecular weight is 338 g/mol. The van der Waals surface area contributed by atoms with Crippen molar-refractivity contribution in [2.75, 3.05) is 39.5 Å². The molecule has 1 aromatic rings. The van der Waals surface area contributed by atoms with Gasteiger partial charge < -0.3 is 4.90 Å². The van der Waals surface area contributed by atoms with E-state index in [-0.39, 0.29) is 12.5 Å². The van der Waals surface area contributed by atoms with Crippen molar-refractivity contribution in [3.63, 3.8) is 0 Å². The van der Waals surface area contributed by atoms with E-state index < -0.39 is 15.6 Å². The molecule has 2 aliphatic heterocycles. The highest BCUT2D eigenvalue weighted by atomic mass is 32.2. The smallest absolute Gasteiger partial charge is 0.244 e. The van der Waals surface area contributed by atoms with Crippen molar-refractivity contribution in [2.45, 2.75) is 18.5 Å². The van der Waals surface area contributed by atoms with Crippen LogP contribution >= 0.6 is 0 Å². The van der Waals surface area contributed by atoms with Crippen molar-refractivity contribution >= 4 is 15.9 Å². The molecule has 1 spiro atoms. The highest BCUT2D eigenvalue weighted by Crippen LogP contribution is 2.34. The maximum atomic E-state index is 12.9. The average Bonchev–Trinajstić information content (AvgIpc) is 2.96. The first-order chi connectivity index (χ1) is 10.8. The van der Waals surface area contributed by atoms with E-state index >= 15 is 0 Å². The van der Waals surface area contributed by atoms with Crippen molar-refractivity contribution in [2.24, 2.45) is 0 Å². The molecule has 1 amide bonds. The summed E-state index contributed by atoms with van der Waals surface area (Å²) in [7, 11) is -1.51.